The highest BCUT2D eigenvalue weighted by molar-refractivity contribution is 5.94. The molecule has 0 radical (unpaired) electrons. The lowest BCUT2D eigenvalue weighted by molar-refractivity contribution is -0.158. The van der Waals surface area contributed by atoms with E-state index in [1.807, 2.05) is 30.3 Å². The number of ketones is 1. The summed E-state index contributed by atoms with van der Waals surface area (Å²) in [5, 5.41) is 3.10. The van der Waals surface area contributed by atoms with Gasteiger partial charge >= 0.3 is 12.1 Å². The minimum Gasteiger partial charge on any atom is -0.493 e. The van der Waals surface area contributed by atoms with Gasteiger partial charge in [0.05, 0.1) is 27.4 Å². The Bertz CT molecular complexity index is 1110. The van der Waals surface area contributed by atoms with Gasteiger partial charge in [-0.2, -0.15) is 0 Å². The molecule has 2 fully saturated rings. The zero-order valence-electron chi connectivity index (χ0n) is 21.9. The van der Waals surface area contributed by atoms with Crippen LogP contribution in [-0.2, 0) is 25.7 Å². The van der Waals surface area contributed by atoms with Gasteiger partial charge in [0.25, 0.3) is 0 Å². The molecule has 2 saturated heterocycles. The van der Waals surface area contributed by atoms with Gasteiger partial charge in [-0.1, -0.05) is 30.3 Å². The maximum Gasteiger partial charge on any atom is 0.410 e. The molecule has 0 saturated carbocycles. The van der Waals surface area contributed by atoms with E-state index in [0.717, 1.165) is 12.0 Å². The van der Waals surface area contributed by atoms with Crippen LogP contribution in [0.25, 0.3) is 0 Å². The Morgan fingerprint density at radius 3 is 2.29 bits per heavy atom. The van der Waals surface area contributed by atoms with E-state index in [9.17, 15) is 14.4 Å². The van der Waals surface area contributed by atoms with Gasteiger partial charge in [0.2, 0.25) is 11.5 Å². The highest BCUT2D eigenvalue weighted by Crippen LogP contribution is 2.41. The van der Waals surface area contributed by atoms with Crippen molar-refractivity contribution < 1.29 is 38.1 Å². The van der Waals surface area contributed by atoms with E-state index in [2.05, 4.69) is 5.32 Å². The van der Waals surface area contributed by atoms with Gasteiger partial charge < -0.3 is 29.0 Å². The molecule has 2 aliphatic rings. The molecule has 10 heteroatoms. The van der Waals surface area contributed by atoms with Gasteiger partial charge in [0.1, 0.15) is 12.6 Å². The van der Waals surface area contributed by atoms with Gasteiger partial charge in [0.15, 0.2) is 17.6 Å². The second-order valence-electron chi connectivity index (χ2n) is 9.22. The molecule has 2 heterocycles. The van der Waals surface area contributed by atoms with E-state index in [-0.39, 0.29) is 6.61 Å². The highest BCUT2D eigenvalue weighted by Gasteiger charge is 2.42. The maximum atomic E-state index is 14.0. The molecule has 2 aromatic carbocycles. The number of Topliss-reactive ketones (excluding diaryl/α,β-unsaturated/α-hetero) is 1. The molecule has 0 bridgehead atoms. The van der Waals surface area contributed by atoms with Gasteiger partial charge in [-0.15, -0.1) is 0 Å². The van der Waals surface area contributed by atoms with Gasteiger partial charge in [-0.25, -0.2) is 4.79 Å². The van der Waals surface area contributed by atoms with Crippen molar-refractivity contribution in [1.82, 2.24) is 10.2 Å². The van der Waals surface area contributed by atoms with Crippen LogP contribution in [0.3, 0.4) is 0 Å². The van der Waals surface area contributed by atoms with Crippen molar-refractivity contribution in [3.8, 4) is 17.2 Å². The van der Waals surface area contributed by atoms with E-state index in [0.29, 0.717) is 55.2 Å². The first-order valence-corrected chi connectivity index (χ1v) is 12.7. The molecule has 2 unspecified atom stereocenters. The van der Waals surface area contributed by atoms with Crippen LogP contribution in [0.5, 0.6) is 17.2 Å². The largest absolute Gasteiger partial charge is 0.493 e. The van der Waals surface area contributed by atoms with Gasteiger partial charge in [-0.05, 0) is 49.9 Å². The molecule has 3 atom stereocenters. The molecule has 38 heavy (non-hydrogen) atoms. The molecule has 0 aromatic heterocycles. The van der Waals surface area contributed by atoms with Crippen molar-refractivity contribution in [3.63, 3.8) is 0 Å². The second kappa shape index (κ2) is 12.6. The third-order valence-electron chi connectivity index (χ3n) is 6.85. The number of methoxy groups -OCH3 is 3. The maximum absolute atomic E-state index is 14.0. The van der Waals surface area contributed by atoms with Crippen molar-refractivity contribution >= 4 is 17.8 Å². The molecule has 2 aliphatic heterocycles. The lowest BCUT2D eigenvalue weighted by Gasteiger charge is -2.28. The Morgan fingerprint density at radius 1 is 0.974 bits per heavy atom. The van der Waals surface area contributed by atoms with Crippen LogP contribution in [0.4, 0.5) is 4.79 Å². The zero-order valence-corrected chi connectivity index (χ0v) is 21.9. The first kappa shape index (κ1) is 27.3. The third kappa shape index (κ3) is 6.02. The summed E-state index contributed by atoms with van der Waals surface area (Å²) in [5.74, 6) is 0.0479. The Balaban J connectivity index is 1.60. The summed E-state index contributed by atoms with van der Waals surface area (Å²) in [6.45, 7) is 1.16. The number of rotatable bonds is 10. The molecule has 10 nitrogen and oxygen atoms in total. The van der Waals surface area contributed by atoms with Crippen molar-refractivity contribution in [3.05, 3.63) is 53.6 Å². The number of ether oxygens (including phenoxy) is 5. The minimum atomic E-state index is -1.29. The van der Waals surface area contributed by atoms with Crippen molar-refractivity contribution in [1.29, 1.82) is 0 Å². The smallest absolute Gasteiger partial charge is 0.410 e. The van der Waals surface area contributed by atoms with E-state index in [4.69, 9.17) is 23.7 Å². The molecular weight excluding hydrogens is 492 g/mol. The number of esters is 1. The Labute approximate surface area is 222 Å². The van der Waals surface area contributed by atoms with Crippen LogP contribution < -0.4 is 19.5 Å². The van der Waals surface area contributed by atoms with E-state index < -0.39 is 36.0 Å². The summed E-state index contributed by atoms with van der Waals surface area (Å²) in [5.41, 5.74) is 1.21. The number of benzene rings is 2. The fourth-order valence-electron chi connectivity index (χ4n) is 4.89. The standard InChI is InChI=1S/C28H34N2O8/c1-34-22-15-19(16-23(35-2)26(22)36-3)25(38-27(32)20-11-7-13-29-20)24(31)21-12-8-14-30(21)28(33)37-17-18-9-5-4-6-10-18/h4-6,9-10,15-16,20-21,25,29H,7-8,11-14,17H2,1-3H3/t20?,21?,25-/m0/s1. The van der Waals surface area contributed by atoms with E-state index in [1.165, 1.54) is 26.2 Å². The quantitative estimate of drug-likeness (QED) is 0.465. The molecule has 1 amide bonds. The van der Waals surface area contributed by atoms with Crippen LogP contribution in [0.2, 0.25) is 0 Å². The number of carbonyl (C=O) groups is 3. The minimum absolute atomic E-state index is 0.0930. The van der Waals surface area contributed by atoms with Crippen LogP contribution in [0.1, 0.15) is 42.9 Å². The van der Waals surface area contributed by atoms with Crippen LogP contribution in [0, 0.1) is 0 Å². The van der Waals surface area contributed by atoms with E-state index >= 15 is 0 Å². The molecule has 1 N–H and O–H groups in total. The zero-order chi connectivity index (χ0) is 27.1. The molecule has 0 spiro atoms. The lowest BCUT2D eigenvalue weighted by atomic mass is 9.97. The average Bonchev–Trinajstić information content (AvgIpc) is 3.67. The predicted molar refractivity (Wildman–Crippen MR) is 137 cm³/mol. The summed E-state index contributed by atoms with van der Waals surface area (Å²) in [6, 6.07) is 11.2. The molecule has 204 valence electrons. The summed E-state index contributed by atoms with van der Waals surface area (Å²) in [4.78, 5) is 41.4. The monoisotopic (exact) mass is 526 g/mol. The van der Waals surface area contributed by atoms with Crippen molar-refractivity contribution in [2.24, 2.45) is 0 Å². The fourth-order valence-corrected chi connectivity index (χ4v) is 4.89. The molecule has 4 rings (SSSR count). The van der Waals surface area contributed by atoms with Crippen LogP contribution >= 0.6 is 0 Å². The second-order valence-corrected chi connectivity index (χ2v) is 9.22. The molecule has 0 aliphatic carbocycles. The normalized spacial score (nSPS) is 19.5. The van der Waals surface area contributed by atoms with Gasteiger partial charge in [0, 0.05) is 12.1 Å². The third-order valence-corrected chi connectivity index (χ3v) is 6.85. The molecular formula is C28H34N2O8. The summed E-state index contributed by atoms with van der Waals surface area (Å²) < 4.78 is 27.7. The molecule has 2 aromatic rings. The van der Waals surface area contributed by atoms with E-state index in [1.54, 1.807) is 12.1 Å². The topological polar surface area (TPSA) is 113 Å². The Hall–Kier alpha value is -3.79. The van der Waals surface area contributed by atoms with Crippen molar-refractivity contribution in [2.75, 3.05) is 34.4 Å². The van der Waals surface area contributed by atoms with Crippen LogP contribution in [-0.4, -0.2) is 69.2 Å². The number of hydrogen-bond donors (Lipinski definition) is 1. The first-order chi connectivity index (χ1) is 18.5. The Morgan fingerprint density at radius 2 is 1.68 bits per heavy atom. The average molecular weight is 527 g/mol. The highest BCUT2D eigenvalue weighted by atomic mass is 16.6. The number of hydrogen-bond acceptors (Lipinski definition) is 9. The fraction of sp³-hybridized carbons (Fsp3) is 0.464. The predicted octanol–water partition coefficient (Wildman–Crippen LogP) is 3.42. The Kier molecular flexibility index (Phi) is 9.06. The van der Waals surface area contributed by atoms with Crippen LogP contribution in [0.15, 0.2) is 42.5 Å². The lowest BCUT2D eigenvalue weighted by Crippen LogP contribution is -2.44. The summed E-state index contributed by atoms with van der Waals surface area (Å²) in [6.07, 6.45) is 0.641. The number of carbonyl (C=O) groups excluding carboxylic acids is 3. The number of nitrogens with zero attached hydrogens (tertiary/aromatic N) is 1. The number of nitrogens with one attached hydrogen (secondary N) is 1. The van der Waals surface area contributed by atoms with Crippen molar-refractivity contribution in [2.45, 2.75) is 50.5 Å². The number of amides is 1. The summed E-state index contributed by atoms with van der Waals surface area (Å²) >= 11 is 0. The first-order valence-electron chi connectivity index (χ1n) is 12.7. The summed E-state index contributed by atoms with van der Waals surface area (Å²) in [7, 11) is 4.41. The number of likely N-dealkylation sites (tertiary alicyclic amines) is 1. The SMILES string of the molecule is COc1cc([C@H](OC(=O)C2CCCN2)C(=O)C2CCCN2C(=O)OCc2ccccc2)cc(OC)c1OC. The van der Waals surface area contributed by atoms with Gasteiger partial charge in [-0.3, -0.25) is 14.5 Å².